The standard InChI is InChI=1S/C12H19F3N2O3/c1-7(2)9(10(18)19)16-11(20)17-5-3-8(4-6-17)12(13,14)15/h7-9H,3-6H2,1-2H3,(H,16,20)(H,18,19)/t9-/m0/s1. The van der Waals surface area contributed by atoms with Crippen molar-refractivity contribution in [3.05, 3.63) is 0 Å². The molecule has 2 amide bonds. The van der Waals surface area contributed by atoms with E-state index in [1.807, 2.05) is 0 Å². The number of halogens is 3. The van der Waals surface area contributed by atoms with E-state index in [-0.39, 0.29) is 31.8 Å². The van der Waals surface area contributed by atoms with Gasteiger partial charge in [0, 0.05) is 13.1 Å². The molecule has 1 atom stereocenters. The van der Waals surface area contributed by atoms with Crippen LogP contribution in [0.3, 0.4) is 0 Å². The van der Waals surface area contributed by atoms with Crippen LogP contribution in [0, 0.1) is 11.8 Å². The quantitative estimate of drug-likeness (QED) is 0.837. The molecule has 0 saturated carbocycles. The lowest BCUT2D eigenvalue weighted by Crippen LogP contribution is -2.52. The molecule has 20 heavy (non-hydrogen) atoms. The summed E-state index contributed by atoms with van der Waals surface area (Å²) in [4.78, 5) is 24.0. The van der Waals surface area contributed by atoms with E-state index in [0.29, 0.717) is 0 Å². The highest BCUT2D eigenvalue weighted by Crippen LogP contribution is 2.34. The van der Waals surface area contributed by atoms with E-state index in [0.717, 1.165) is 0 Å². The van der Waals surface area contributed by atoms with Crippen LogP contribution in [0.25, 0.3) is 0 Å². The second kappa shape index (κ2) is 6.32. The van der Waals surface area contributed by atoms with Crippen molar-refractivity contribution in [1.82, 2.24) is 10.2 Å². The zero-order valence-electron chi connectivity index (χ0n) is 11.4. The van der Waals surface area contributed by atoms with Crippen molar-refractivity contribution in [2.24, 2.45) is 11.8 Å². The number of carboxylic acid groups (broad SMARTS) is 1. The minimum absolute atomic E-state index is 0.0134. The average Bonchev–Trinajstić information content (AvgIpc) is 2.34. The van der Waals surface area contributed by atoms with Crippen LogP contribution in [0.5, 0.6) is 0 Å². The van der Waals surface area contributed by atoms with Crippen LogP contribution >= 0.6 is 0 Å². The van der Waals surface area contributed by atoms with Crippen LogP contribution in [-0.4, -0.2) is 47.3 Å². The Morgan fingerprint density at radius 2 is 1.75 bits per heavy atom. The number of aliphatic carboxylic acids is 1. The number of nitrogens with zero attached hydrogens (tertiary/aromatic N) is 1. The number of carboxylic acids is 1. The fraction of sp³-hybridized carbons (Fsp3) is 0.833. The Morgan fingerprint density at radius 1 is 1.25 bits per heavy atom. The molecular formula is C12H19F3N2O3. The van der Waals surface area contributed by atoms with Crippen molar-refractivity contribution in [3.63, 3.8) is 0 Å². The van der Waals surface area contributed by atoms with Crippen molar-refractivity contribution >= 4 is 12.0 Å². The Hall–Kier alpha value is -1.47. The van der Waals surface area contributed by atoms with Crippen LogP contribution in [-0.2, 0) is 4.79 Å². The van der Waals surface area contributed by atoms with Crippen molar-refractivity contribution in [2.75, 3.05) is 13.1 Å². The molecule has 0 bridgehead atoms. The Kier molecular flexibility index (Phi) is 5.24. The van der Waals surface area contributed by atoms with Gasteiger partial charge in [0.1, 0.15) is 6.04 Å². The second-order valence-electron chi connectivity index (χ2n) is 5.31. The number of alkyl halides is 3. The average molecular weight is 296 g/mol. The van der Waals surface area contributed by atoms with Crippen molar-refractivity contribution in [2.45, 2.75) is 38.9 Å². The lowest BCUT2D eigenvalue weighted by molar-refractivity contribution is -0.183. The van der Waals surface area contributed by atoms with Gasteiger partial charge in [0.15, 0.2) is 0 Å². The first-order valence-corrected chi connectivity index (χ1v) is 6.48. The van der Waals surface area contributed by atoms with Crippen LogP contribution in [0.1, 0.15) is 26.7 Å². The molecule has 0 aromatic heterocycles. The van der Waals surface area contributed by atoms with E-state index in [1.165, 1.54) is 4.90 Å². The number of carbonyl (C=O) groups excluding carboxylic acids is 1. The molecule has 0 aromatic rings. The summed E-state index contributed by atoms with van der Waals surface area (Å²) >= 11 is 0. The van der Waals surface area contributed by atoms with Gasteiger partial charge in [-0.15, -0.1) is 0 Å². The summed E-state index contributed by atoms with van der Waals surface area (Å²) in [5.74, 6) is -2.84. The van der Waals surface area contributed by atoms with Gasteiger partial charge in [-0.2, -0.15) is 13.2 Å². The molecule has 2 N–H and O–H groups in total. The number of rotatable bonds is 3. The molecule has 116 valence electrons. The monoisotopic (exact) mass is 296 g/mol. The molecule has 1 rings (SSSR count). The number of carbonyl (C=O) groups is 2. The molecule has 1 aliphatic heterocycles. The first kappa shape index (κ1) is 16.6. The summed E-state index contributed by atoms with van der Waals surface area (Å²) in [5, 5.41) is 11.3. The van der Waals surface area contributed by atoms with Crippen LogP contribution in [0.2, 0.25) is 0 Å². The molecule has 1 heterocycles. The van der Waals surface area contributed by atoms with Gasteiger partial charge in [0.25, 0.3) is 0 Å². The maximum Gasteiger partial charge on any atom is 0.391 e. The third kappa shape index (κ3) is 4.28. The van der Waals surface area contributed by atoms with Gasteiger partial charge in [-0.25, -0.2) is 9.59 Å². The van der Waals surface area contributed by atoms with Gasteiger partial charge in [0.05, 0.1) is 5.92 Å². The van der Waals surface area contributed by atoms with Crippen LogP contribution in [0.4, 0.5) is 18.0 Å². The highest BCUT2D eigenvalue weighted by atomic mass is 19.4. The van der Waals surface area contributed by atoms with E-state index in [9.17, 15) is 22.8 Å². The molecule has 0 aliphatic carbocycles. The SMILES string of the molecule is CC(C)[C@H](NC(=O)N1CCC(C(F)(F)F)CC1)C(=O)O. The number of amides is 2. The van der Waals surface area contributed by atoms with Crippen molar-refractivity contribution < 1.29 is 27.9 Å². The molecule has 0 spiro atoms. The third-order valence-corrected chi connectivity index (χ3v) is 3.46. The van der Waals surface area contributed by atoms with Crippen molar-refractivity contribution in [3.8, 4) is 0 Å². The molecule has 8 heteroatoms. The Labute approximate surface area is 115 Å². The smallest absolute Gasteiger partial charge is 0.391 e. The number of piperidine rings is 1. The van der Waals surface area contributed by atoms with Gasteiger partial charge in [-0.1, -0.05) is 13.8 Å². The maximum absolute atomic E-state index is 12.5. The number of urea groups is 1. The summed E-state index contributed by atoms with van der Waals surface area (Å²) in [6.07, 6.45) is -4.52. The van der Waals surface area contributed by atoms with Gasteiger partial charge in [-0.3, -0.25) is 0 Å². The van der Waals surface area contributed by atoms with E-state index in [4.69, 9.17) is 5.11 Å². The minimum atomic E-state index is -4.23. The number of nitrogens with one attached hydrogen (secondary N) is 1. The zero-order chi connectivity index (χ0) is 15.5. The molecule has 1 saturated heterocycles. The topological polar surface area (TPSA) is 69.6 Å². The van der Waals surface area contributed by atoms with E-state index in [1.54, 1.807) is 13.8 Å². The van der Waals surface area contributed by atoms with Crippen molar-refractivity contribution in [1.29, 1.82) is 0 Å². The Morgan fingerprint density at radius 3 is 2.10 bits per heavy atom. The lowest BCUT2D eigenvalue weighted by atomic mass is 9.96. The number of hydrogen-bond acceptors (Lipinski definition) is 2. The molecule has 1 aliphatic rings. The maximum atomic E-state index is 12.5. The molecule has 5 nitrogen and oxygen atoms in total. The van der Waals surface area contributed by atoms with E-state index < -0.39 is 30.1 Å². The fourth-order valence-electron chi connectivity index (χ4n) is 2.15. The number of likely N-dealkylation sites (tertiary alicyclic amines) is 1. The molecule has 1 fully saturated rings. The summed E-state index contributed by atoms with van der Waals surface area (Å²) in [6.45, 7) is 3.27. The number of hydrogen-bond donors (Lipinski definition) is 2. The van der Waals surface area contributed by atoms with Gasteiger partial charge >= 0.3 is 18.2 Å². The minimum Gasteiger partial charge on any atom is -0.480 e. The van der Waals surface area contributed by atoms with Crippen LogP contribution < -0.4 is 5.32 Å². The summed E-state index contributed by atoms with van der Waals surface area (Å²) in [5.41, 5.74) is 0. The summed E-state index contributed by atoms with van der Waals surface area (Å²) in [7, 11) is 0. The van der Waals surface area contributed by atoms with Crippen LogP contribution in [0.15, 0.2) is 0 Å². The highest BCUT2D eigenvalue weighted by molar-refractivity contribution is 5.82. The first-order chi connectivity index (χ1) is 9.12. The zero-order valence-corrected chi connectivity index (χ0v) is 11.4. The first-order valence-electron chi connectivity index (χ1n) is 6.48. The normalized spacial score (nSPS) is 19.0. The largest absolute Gasteiger partial charge is 0.480 e. The molecular weight excluding hydrogens is 277 g/mol. The predicted octanol–water partition coefficient (Wildman–Crippen LogP) is 2.08. The fourth-order valence-corrected chi connectivity index (χ4v) is 2.15. The van der Waals surface area contributed by atoms with Gasteiger partial charge in [0.2, 0.25) is 0 Å². The van der Waals surface area contributed by atoms with E-state index >= 15 is 0 Å². The highest BCUT2D eigenvalue weighted by Gasteiger charge is 2.42. The van der Waals surface area contributed by atoms with E-state index in [2.05, 4.69) is 5.32 Å². The predicted molar refractivity (Wildman–Crippen MR) is 65.1 cm³/mol. The molecule has 0 aromatic carbocycles. The lowest BCUT2D eigenvalue weighted by Gasteiger charge is -2.33. The second-order valence-corrected chi connectivity index (χ2v) is 5.31. The Balaban J connectivity index is 2.53. The molecule has 0 unspecified atom stereocenters. The summed E-state index contributed by atoms with van der Waals surface area (Å²) < 4.78 is 37.5. The molecule has 0 radical (unpaired) electrons. The third-order valence-electron chi connectivity index (χ3n) is 3.46. The summed E-state index contributed by atoms with van der Waals surface area (Å²) in [6, 6.07) is -1.66. The van der Waals surface area contributed by atoms with Gasteiger partial charge < -0.3 is 15.3 Å². The Bertz CT molecular complexity index is 363. The van der Waals surface area contributed by atoms with Gasteiger partial charge in [-0.05, 0) is 18.8 Å².